The molecule has 0 aliphatic carbocycles. The highest BCUT2D eigenvalue weighted by Crippen LogP contribution is 2.27. The van der Waals surface area contributed by atoms with Crippen molar-refractivity contribution in [1.29, 1.82) is 0 Å². The number of H-pyrrole nitrogens is 1. The zero-order chi connectivity index (χ0) is 10.3. The summed E-state index contributed by atoms with van der Waals surface area (Å²) >= 11 is 0. The van der Waals surface area contributed by atoms with Crippen LogP contribution in [0.15, 0.2) is 12.3 Å². The molecule has 0 aliphatic heterocycles. The van der Waals surface area contributed by atoms with Crippen molar-refractivity contribution >= 4 is 17.0 Å². The highest BCUT2D eigenvalue weighted by Gasteiger charge is 2.19. The Labute approximate surface area is 76.8 Å². The summed E-state index contributed by atoms with van der Waals surface area (Å²) in [5, 5.41) is 17.6. The third kappa shape index (κ3) is 1.00. The van der Waals surface area contributed by atoms with Crippen LogP contribution in [-0.2, 0) is 0 Å². The Morgan fingerprint density at radius 2 is 2.29 bits per heavy atom. The number of halogens is 1. The van der Waals surface area contributed by atoms with E-state index in [1.54, 1.807) is 0 Å². The van der Waals surface area contributed by atoms with Crippen LogP contribution >= 0.6 is 0 Å². The molecule has 3 N–H and O–H groups in total. The number of carboxylic acid groups (broad SMARTS) is 1. The predicted octanol–water partition coefficient (Wildman–Crippen LogP) is 1.11. The van der Waals surface area contributed by atoms with Gasteiger partial charge < -0.3 is 15.2 Å². The van der Waals surface area contributed by atoms with Crippen LogP contribution < -0.4 is 0 Å². The Balaban J connectivity index is 2.87. The molecule has 0 unspecified atom stereocenters. The van der Waals surface area contributed by atoms with Crippen LogP contribution in [0.1, 0.15) is 10.5 Å². The zero-order valence-corrected chi connectivity index (χ0v) is 6.78. The lowest BCUT2D eigenvalue weighted by atomic mass is 10.3. The molecule has 6 heteroatoms. The van der Waals surface area contributed by atoms with E-state index in [2.05, 4.69) is 9.97 Å². The monoisotopic (exact) mass is 196 g/mol. The molecule has 0 atom stereocenters. The minimum absolute atomic E-state index is 0.0138. The summed E-state index contributed by atoms with van der Waals surface area (Å²) in [7, 11) is 0. The molecule has 2 aromatic heterocycles. The second-order valence-electron chi connectivity index (χ2n) is 2.67. The largest absolute Gasteiger partial charge is 0.507 e. The van der Waals surface area contributed by atoms with Crippen molar-refractivity contribution in [3.05, 3.63) is 23.8 Å². The summed E-state index contributed by atoms with van der Waals surface area (Å²) in [5.74, 6) is -2.77. The van der Waals surface area contributed by atoms with Crippen molar-refractivity contribution in [1.82, 2.24) is 9.97 Å². The minimum atomic E-state index is -1.43. The number of carbonyl (C=O) groups is 1. The molecule has 0 radical (unpaired) electrons. The third-order valence-corrected chi connectivity index (χ3v) is 1.83. The topological polar surface area (TPSA) is 86.2 Å². The molecule has 14 heavy (non-hydrogen) atoms. The average Bonchev–Trinajstić information content (AvgIpc) is 2.45. The van der Waals surface area contributed by atoms with Gasteiger partial charge in [0.15, 0.2) is 11.5 Å². The lowest BCUT2D eigenvalue weighted by Gasteiger charge is -1.91. The Morgan fingerprint density at radius 1 is 1.57 bits per heavy atom. The van der Waals surface area contributed by atoms with Gasteiger partial charge >= 0.3 is 5.97 Å². The first kappa shape index (κ1) is 8.49. The Morgan fingerprint density at radius 3 is 2.86 bits per heavy atom. The Hall–Kier alpha value is -2.11. The number of hydrogen-bond acceptors (Lipinski definition) is 3. The molecule has 5 nitrogen and oxygen atoms in total. The maximum absolute atomic E-state index is 13.3. The quantitative estimate of drug-likeness (QED) is 0.637. The van der Waals surface area contributed by atoms with Crippen LogP contribution in [0.4, 0.5) is 4.39 Å². The highest BCUT2D eigenvalue weighted by molar-refractivity contribution is 5.95. The summed E-state index contributed by atoms with van der Waals surface area (Å²) < 4.78 is 13.3. The molecule has 2 rings (SSSR count). The van der Waals surface area contributed by atoms with Gasteiger partial charge in [0.2, 0.25) is 0 Å². The van der Waals surface area contributed by atoms with Gasteiger partial charge in [-0.25, -0.2) is 14.2 Å². The first-order chi connectivity index (χ1) is 6.61. The molecule has 72 valence electrons. The number of nitrogens with one attached hydrogen (secondary N) is 1. The van der Waals surface area contributed by atoms with Crippen molar-refractivity contribution in [2.45, 2.75) is 0 Å². The number of fused-ring (bicyclic) bond motifs is 1. The molecule has 0 aliphatic rings. The molecular weight excluding hydrogens is 191 g/mol. The molecule has 0 amide bonds. The second-order valence-corrected chi connectivity index (χ2v) is 2.67. The average molecular weight is 196 g/mol. The van der Waals surface area contributed by atoms with Crippen LogP contribution in [0.3, 0.4) is 0 Å². The Kier molecular flexibility index (Phi) is 1.63. The fraction of sp³-hybridized carbons (Fsp3) is 0. The number of nitrogens with zero attached hydrogens (tertiary/aromatic N) is 1. The summed E-state index contributed by atoms with van der Waals surface area (Å²) in [6, 6.07) is 1.19. The van der Waals surface area contributed by atoms with Crippen LogP contribution in [0, 0.1) is 5.82 Å². The molecular formula is C8H5FN2O3. The van der Waals surface area contributed by atoms with E-state index in [-0.39, 0.29) is 16.8 Å². The van der Waals surface area contributed by atoms with Crippen LogP contribution in [0.5, 0.6) is 5.75 Å². The zero-order valence-electron chi connectivity index (χ0n) is 6.78. The summed E-state index contributed by atoms with van der Waals surface area (Å²) in [6.07, 6.45) is 1.25. The second kappa shape index (κ2) is 2.69. The number of aromatic nitrogens is 2. The third-order valence-electron chi connectivity index (χ3n) is 1.83. The molecule has 0 saturated heterocycles. The minimum Gasteiger partial charge on any atom is -0.507 e. The van der Waals surface area contributed by atoms with E-state index in [1.807, 2.05) is 0 Å². The lowest BCUT2D eigenvalue weighted by Crippen LogP contribution is -1.98. The number of aromatic carboxylic acids is 1. The van der Waals surface area contributed by atoms with Crippen molar-refractivity contribution in [2.24, 2.45) is 0 Å². The molecule has 2 heterocycles. The van der Waals surface area contributed by atoms with Gasteiger partial charge in [0.05, 0.1) is 5.39 Å². The normalized spacial score (nSPS) is 10.6. The number of hydrogen-bond donors (Lipinski definition) is 3. The van der Waals surface area contributed by atoms with Crippen molar-refractivity contribution in [3.8, 4) is 5.75 Å². The van der Waals surface area contributed by atoms with E-state index in [4.69, 9.17) is 5.11 Å². The van der Waals surface area contributed by atoms with E-state index in [1.165, 1.54) is 12.3 Å². The molecule has 0 aromatic carbocycles. The van der Waals surface area contributed by atoms with E-state index >= 15 is 0 Å². The van der Waals surface area contributed by atoms with E-state index < -0.39 is 17.5 Å². The van der Waals surface area contributed by atoms with Crippen molar-refractivity contribution < 1.29 is 19.4 Å². The van der Waals surface area contributed by atoms with Gasteiger partial charge in [-0.1, -0.05) is 0 Å². The van der Waals surface area contributed by atoms with Crippen LogP contribution in [0.25, 0.3) is 11.0 Å². The van der Waals surface area contributed by atoms with Crippen LogP contribution in [-0.4, -0.2) is 26.2 Å². The lowest BCUT2D eigenvalue weighted by molar-refractivity contribution is 0.0686. The molecule has 0 fully saturated rings. The first-order valence-electron chi connectivity index (χ1n) is 3.69. The van der Waals surface area contributed by atoms with Gasteiger partial charge in [0.1, 0.15) is 11.4 Å². The fourth-order valence-electron chi connectivity index (χ4n) is 1.21. The Bertz CT molecular complexity index is 521. The van der Waals surface area contributed by atoms with Crippen molar-refractivity contribution in [2.75, 3.05) is 0 Å². The van der Waals surface area contributed by atoms with E-state index in [0.29, 0.717) is 0 Å². The smallest absolute Gasteiger partial charge is 0.355 e. The highest BCUT2D eigenvalue weighted by atomic mass is 19.1. The van der Waals surface area contributed by atoms with Gasteiger partial charge in [-0.2, -0.15) is 0 Å². The van der Waals surface area contributed by atoms with Crippen LogP contribution in [0.2, 0.25) is 0 Å². The van der Waals surface area contributed by atoms with Gasteiger partial charge in [-0.3, -0.25) is 0 Å². The van der Waals surface area contributed by atoms with E-state index in [9.17, 15) is 14.3 Å². The number of rotatable bonds is 1. The van der Waals surface area contributed by atoms with Gasteiger partial charge in [0, 0.05) is 6.20 Å². The summed E-state index contributed by atoms with van der Waals surface area (Å²) in [6.45, 7) is 0. The summed E-state index contributed by atoms with van der Waals surface area (Å²) in [4.78, 5) is 16.5. The maximum atomic E-state index is 13.3. The number of aromatic amines is 1. The number of aromatic hydroxyl groups is 1. The number of pyridine rings is 1. The maximum Gasteiger partial charge on any atom is 0.355 e. The molecule has 2 aromatic rings. The standard InChI is InChI=1S/C8H5FN2O3/c9-5-4-3(12)1-2-10-7(4)11-6(5)8(13)14/h1-2H,(H,13,14)(H2,10,11,12). The van der Waals surface area contributed by atoms with E-state index in [0.717, 1.165) is 0 Å². The molecule has 0 bridgehead atoms. The fourth-order valence-corrected chi connectivity index (χ4v) is 1.21. The van der Waals surface area contributed by atoms with Gasteiger partial charge in [0.25, 0.3) is 0 Å². The van der Waals surface area contributed by atoms with Gasteiger partial charge in [-0.05, 0) is 6.07 Å². The first-order valence-corrected chi connectivity index (χ1v) is 3.69. The molecule has 0 saturated carbocycles. The van der Waals surface area contributed by atoms with Gasteiger partial charge in [-0.15, -0.1) is 0 Å². The number of carboxylic acids is 1. The SMILES string of the molecule is O=C(O)c1[nH]c2nccc(O)c2c1F. The van der Waals surface area contributed by atoms with Crippen molar-refractivity contribution in [3.63, 3.8) is 0 Å². The summed E-state index contributed by atoms with van der Waals surface area (Å²) in [5.41, 5.74) is -0.589. The predicted molar refractivity (Wildman–Crippen MR) is 44.7 cm³/mol. The molecule has 0 spiro atoms.